The Morgan fingerprint density at radius 1 is 1.54 bits per heavy atom. The fourth-order valence-electron chi connectivity index (χ4n) is 1.21. The molecule has 0 fully saturated rings. The Hall–Kier alpha value is -0.540. The molecule has 0 saturated heterocycles. The smallest absolute Gasteiger partial charge is 0.123 e. The zero-order valence-electron chi connectivity index (χ0n) is 7.75. The molecule has 1 aromatic carbocycles. The van der Waals surface area contributed by atoms with E-state index in [1.807, 2.05) is 18.2 Å². The van der Waals surface area contributed by atoms with Crippen LogP contribution in [0, 0.1) is 0 Å². The van der Waals surface area contributed by atoms with Gasteiger partial charge in [-0.3, -0.25) is 0 Å². The maximum Gasteiger partial charge on any atom is 0.123 e. The fraction of sp³-hybridized carbons (Fsp3) is 0.400. The van der Waals surface area contributed by atoms with Crippen molar-refractivity contribution in [1.29, 1.82) is 0 Å². The molecule has 0 unspecified atom stereocenters. The minimum absolute atomic E-state index is 0.338. The first kappa shape index (κ1) is 10.5. The van der Waals surface area contributed by atoms with E-state index in [1.54, 1.807) is 14.0 Å². The number of aliphatic hydroxyl groups excluding tert-OH is 1. The number of benzene rings is 1. The van der Waals surface area contributed by atoms with E-state index in [2.05, 4.69) is 15.9 Å². The summed E-state index contributed by atoms with van der Waals surface area (Å²) in [5, 5.41) is 9.23. The molecule has 0 aromatic heterocycles. The molecule has 0 aliphatic carbocycles. The van der Waals surface area contributed by atoms with Crippen LogP contribution < -0.4 is 4.74 Å². The third kappa shape index (κ3) is 3.01. The summed E-state index contributed by atoms with van der Waals surface area (Å²) in [6.45, 7) is 1.77. The molecule has 0 spiro atoms. The van der Waals surface area contributed by atoms with Crippen molar-refractivity contribution < 1.29 is 9.84 Å². The van der Waals surface area contributed by atoms with Gasteiger partial charge >= 0.3 is 0 Å². The Morgan fingerprint density at radius 3 is 2.77 bits per heavy atom. The molecular formula is C10H13BrO2. The Balaban J connectivity index is 2.92. The van der Waals surface area contributed by atoms with Crippen LogP contribution in [0.15, 0.2) is 22.7 Å². The van der Waals surface area contributed by atoms with Gasteiger partial charge in [-0.2, -0.15) is 0 Å². The molecule has 0 bridgehead atoms. The molecular weight excluding hydrogens is 232 g/mol. The molecule has 0 heterocycles. The summed E-state index contributed by atoms with van der Waals surface area (Å²) in [5.74, 6) is 0.815. The standard InChI is InChI=1S/C10H13BrO2/c1-7(12)5-8-3-4-9(11)6-10(8)13-2/h3-4,6-7,12H,5H2,1-2H3/t7-/m1/s1. The van der Waals surface area contributed by atoms with Crippen molar-refractivity contribution in [3.05, 3.63) is 28.2 Å². The minimum Gasteiger partial charge on any atom is -0.496 e. The average Bonchev–Trinajstić information content (AvgIpc) is 2.07. The molecule has 1 rings (SSSR count). The van der Waals surface area contributed by atoms with E-state index in [-0.39, 0.29) is 6.10 Å². The Kier molecular flexibility index (Phi) is 3.75. The lowest BCUT2D eigenvalue weighted by atomic mass is 10.1. The normalized spacial score (nSPS) is 12.6. The van der Waals surface area contributed by atoms with Gasteiger partial charge in [0.15, 0.2) is 0 Å². The molecule has 1 aromatic rings. The quantitative estimate of drug-likeness (QED) is 0.885. The first-order valence-electron chi connectivity index (χ1n) is 4.14. The average molecular weight is 245 g/mol. The highest BCUT2D eigenvalue weighted by Gasteiger charge is 2.05. The van der Waals surface area contributed by atoms with Crippen molar-refractivity contribution in [2.24, 2.45) is 0 Å². The Morgan fingerprint density at radius 2 is 2.23 bits per heavy atom. The summed E-state index contributed by atoms with van der Waals surface area (Å²) >= 11 is 3.36. The van der Waals surface area contributed by atoms with Gasteiger partial charge in [0.05, 0.1) is 13.2 Å². The molecule has 0 saturated carbocycles. The van der Waals surface area contributed by atoms with Crippen molar-refractivity contribution in [3.8, 4) is 5.75 Å². The van der Waals surface area contributed by atoms with Crippen LogP contribution in [0.3, 0.4) is 0 Å². The Bertz CT molecular complexity index is 284. The van der Waals surface area contributed by atoms with Gasteiger partial charge in [-0.1, -0.05) is 22.0 Å². The highest BCUT2D eigenvalue weighted by atomic mass is 79.9. The van der Waals surface area contributed by atoms with E-state index in [1.165, 1.54) is 0 Å². The molecule has 2 nitrogen and oxygen atoms in total. The summed E-state index contributed by atoms with van der Waals surface area (Å²) in [5.41, 5.74) is 1.03. The molecule has 0 aliphatic rings. The van der Waals surface area contributed by atoms with Gasteiger partial charge in [0.1, 0.15) is 5.75 Å². The lowest BCUT2D eigenvalue weighted by Gasteiger charge is -2.10. The number of hydrogen-bond acceptors (Lipinski definition) is 2. The van der Waals surface area contributed by atoms with Crippen LogP contribution in [0.5, 0.6) is 5.75 Å². The maximum absolute atomic E-state index is 9.23. The second-order valence-corrected chi connectivity index (χ2v) is 3.92. The largest absolute Gasteiger partial charge is 0.496 e. The van der Waals surface area contributed by atoms with Crippen LogP contribution in [0.1, 0.15) is 12.5 Å². The number of ether oxygens (including phenoxy) is 1. The fourth-order valence-corrected chi connectivity index (χ4v) is 1.55. The van der Waals surface area contributed by atoms with Gasteiger partial charge in [0.25, 0.3) is 0 Å². The summed E-state index contributed by atoms with van der Waals surface area (Å²) in [7, 11) is 1.63. The van der Waals surface area contributed by atoms with E-state index >= 15 is 0 Å². The number of rotatable bonds is 3. The van der Waals surface area contributed by atoms with Crippen LogP contribution in [-0.2, 0) is 6.42 Å². The predicted molar refractivity (Wildman–Crippen MR) is 56.1 cm³/mol. The summed E-state index contributed by atoms with van der Waals surface area (Å²) in [6, 6.07) is 5.80. The molecule has 13 heavy (non-hydrogen) atoms. The highest BCUT2D eigenvalue weighted by Crippen LogP contribution is 2.24. The first-order valence-corrected chi connectivity index (χ1v) is 4.93. The topological polar surface area (TPSA) is 29.5 Å². The molecule has 1 N–H and O–H groups in total. The first-order chi connectivity index (χ1) is 6.13. The van der Waals surface area contributed by atoms with Gasteiger partial charge in [-0.15, -0.1) is 0 Å². The maximum atomic E-state index is 9.23. The predicted octanol–water partition coefficient (Wildman–Crippen LogP) is 2.38. The van der Waals surface area contributed by atoms with Crippen LogP contribution in [0.25, 0.3) is 0 Å². The van der Waals surface area contributed by atoms with Gasteiger partial charge in [-0.05, 0) is 24.6 Å². The summed E-state index contributed by atoms with van der Waals surface area (Å²) < 4.78 is 6.17. The van der Waals surface area contributed by atoms with Gasteiger partial charge in [0.2, 0.25) is 0 Å². The number of hydrogen-bond donors (Lipinski definition) is 1. The molecule has 0 amide bonds. The van der Waals surface area contributed by atoms with Crippen LogP contribution in [0.2, 0.25) is 0 Å². The van der Waals surface area contributed by atoms with E-state index < -0.39 is 0 Å². The molecule has 0 aliphatic heterocycles. The zero-order valence-corrected chi connectivity index (χ0v) is 9.34. The van der Waals surface area contributed by atoms with Gasteiger partial charge in [0, 0.05) is 10.9 Å². The zero-order chi connectivity index (χ0) is 9.84. The van der Waals surface area contributed by atoms with Gasteiger partial charge in [-0.25, -0.2) is 0 Å². The summed E-state index contributed by atoms with van der Waals surface area (Å²) in [4.78, 5) is 0. The van der Waals surface area contributed by atoms with E-state index in [0.29, 0.717) is 6.42 Å². The molecule has 1 atom stereocenters. The molecule has 3 heteroatoms. The third-order valence-corrected chi connectivity index (χ3v) is 2.26. The lowest BCUT2D eigenvalue weighted by molar-refractivity contribution is 0.194. The van der Waals surface area contributed by atoms with Crippen molar-refractivity contribution in [1.82, 2.24) is 0 Å². The van der Waals surface area contributed by atoms with Crippen LogP contribution in [-0.4, -0.2) is 18.3 Å². The third-order valence-electron chi connectivity index (χ3n) is 1.76. The van der Waals surface area contributed by atoms with Gasteiger partial charge < -0.3 is 9.84 Å². The highest BCUT2D eigenvalue weighted by molar-refractivity contribution is 9.10. The second kappa shape index (κ2) is 4.63. The van der Waals surface area contributed by atoms with Crippen LogP contribution >= 0.6 is 15.9 Å². The van der Waals surface area contributed by atoms with Crippen molar-refractivity contribution in [2.75, 3.05) is 7.11 Å². The SMILES string of the molecule is COc1cc(Br)ccc1C[C@@H](C)O. The van der Waals surface area contributed by atoms with Crippen molar-refractivity contribution in [3.63, 3.8) is 0 Å². The minimum atomic E-state index is -0.338. The molecule has 72 valence electrons. The monoisotopic (exact) mass is 244 g/mol. The van der Waals surface area contributed by atoms with E-state index in [4.69, 9.17) is 4.74 Å². The van der Waals surface area contributed by atoms with Crippen molar-refractivity contribution >= 4 is 15.9 Å². The van der Waals surface area contributed by atoms with E-state index in [9.17, 15) is 5.11 Å². The number of methoxy groups -OCH3 is 1. The Labute approximate surface area is 86.7 Å². The molecule has 0 radical (unpaired) electrons. The number of aliphatic hydroxyl groups is 1. The number of halogens is 1. The van der Waals surface area contributed by atoms with Crippen molar-refractivity contribution in [2.45, 2.75) is 19.4 Å². The van der Waals surface area contributed by atoms with Crippen LogP contribution in [0.4, 0.5) is 0 Å². The van der Waals surface area contributed by atoms with E-state index in [0.717, 1.165) is 15.8 Å². The lowest BCUT2D eigenvalue weighted by Crippen LogP contribution is -2.05. The second-order valence-electron chi connectivity index (χ2n) is 3.01. The summed E-state index contributed by atoms with van der Waals surface area (Å²) in [6.07, 6.45) is 0.284.